The third-order valence-electron chi connectivity index (χ3n) is 5.36. The van der Waals surface area contributed by atoms with Crippen molar-refractivity contribution in [2.24, 2.45) is 0 Å². The van der Waals surface area contributed by atoms with Crippen molar-refractivity contribution in [3.05, 3.63) is 65.0 Å². The van der Waals surface area contributed by atoms with Gasteiger partial charge in [-0.1, -0.05) is 18.2 Å². The van der Waals surface area contributed by atoms with Crippen LogP contribution in [-0.2, 0) is 21.4 Å². The van der Waals surface area contributed by atoms with Crippen LogP contribution in [0.25, 0.3) is 0 Å². The largest absolute Gasteiger partial charge is 0.347 e. The van der Waals surface area contributed by atoms with E-state index in [2.05, 4.69) is 5.32 Å². The predicted octanol–water partition coefficient (Wildman–Crippen LogP) is 0.648. The third-order valence-corrected chi connectivity index (χ3v) is 7.25. The van der Waals surface area contributed by atoms with Crippen molar-refractivity contribution in [3.8, 4) is 0 Å². The first-order valence-electron chi connectivity index (χ1n) is 9.68. The summed E-state index contributed by atoms with van der Waals surface area (Å²) >= 11 is 0. The zero-order chi connectivity index (χ0) is 21.0. The molecule has 2 N–H and O–H groups in total. The Morgan fingerprint density at radius 2 is 1.72 bits per heavy atom. The van der Waals surface area contributed by atoms with Gasteiger partial charge in [0.25, 0.3) is 5.91 Å². The van der Waals surface area contributed by atoms with Gasteiger partial charge in [-0.25, -0.2) is 12.8 Å². The molecule has 6 nitrogen and oxygen atoms in total. The molecule has 0 aromatic heterocycles. The number of carbonyl (C=O) groups excluding carboxylic acids is 1. The molecule has 2 aromatic carbocycles. The number of benzene rings is 2. The van der Waals surface area contributed by atoms with Crippen LogP contribution in [0.1, 0.15) is 16.7 Å². The Kier molecular flexibility index (Phi) is 6.66. The van der Waals surface area contributed by atoms with Gasteiger partial charge in [-0.2, -0.15) is 4.31 Å². The van der Waals surface area contributed by atoms with Crippen molar-refractivity contribution in [2.75, 3.05) is 32.7 Å². The Bertz CT molecular complexity index is 969. The summed E-state index contributed by atoms with van der Waals surface area (Å²) in [6.45, 7) is 6.42. The number of nitrogens with zero attached hydrogens (tertiary/aromatic N) is 1. The molecule has 1 amide bonds. The Labute approximate surface area is 171 Å². The highest BCUT2D eigenvalue weighted by Gasteiger charge is 2.31. The van der Waals surface area contributed by atoms with Crippen LogP contribution in [0.5, 0.6) is 0 Å². The Morgan fingerprint density at radius 1 is 1.07 bits per heavy atom. The summed E-state index contributed by atoms with van der Waals surface area (Å²) < 4.78 is 40.2. The lowest BCUT2D eigenvalue weighted by molar-refractivity contribution is -0.895. The molecule has 29 heavy (non-hydrogen) atoms. The van der Waals surface area contributed by atoms with E-state index in [1.165, 1.54) is 16.4 Å². The molecule has 1 saturated heterocycles. The number of nitrogens with one attached hydrogen (secondary N) is 2. The molecule has 1 aliphatic rings. The Balaban J connectivity index is 1.50. The van der Waals surface area contributed by atoms with Crippen molar-refractivity contribution in [3.63, 3.8) is 0 Å². The van der Waals surface area contributed by atoms with Crippen molar-refractivity contribution < 1.29 is 22.5 Å². The second-order valence-electron chi connectivity index (χ2n) is 7.48. The summed E-state index contributed by atoms with van der Waals surface area (Å²) in [5.74, 6) is -0.409. The molecule has 1 aliphatic heterocycles. The highest BCUT2D eigenvalue weighted by atomic mass is 32.2. The maximum absolute atomic E-state index is 12.9. The fourth-order valence-corrected chi connectivity index (χ4v) is 4.86. The quantitative estimate of drug-likeness (QED) is 0.721. The topological polar surface area (TPSA) is 70.9 Å². The molecule has 0 spiro atoms. The predicted molar refractivity (Wildman–Crippen MR) is 108 cm³/mol. The molecule has 3 rings (SSSR count). The van der Waals surface area contributed by atoms with Crippen LogP contribution < -0.4 is 10.2 Å². The monoisotopic (exact) mass is 420 g/mol. The van der Waals surface area contributed by atoms with Gasteiger partial charge in [0.2, 0.25) is 10.0 Å². The molecule has 2 aromatic rings. The first kappa shape index (κ1) is 21.4. The van der Waals surface area contributed by atoms with Gasteiger partial charge in [-0.15, -0.1) is 0 Å². The van der Waals surface area contributed by atoms with Crippen LogP contribution in [0.4, 0.5) is 4.39 Å². The van der Waals surface area contributed by atoms with E-state index in [0.29, 0.717) is 44.2 Å². The summed E-state index contributed by atoms with van der Waals surface area (Å²) in [6.07, 6.45) is 0. The summed E-state index contributed by atoms with van der Waals surface area (Å²) in [6, 6.07) is 11.2. The van der Waals surface area contributed by atoms with Crippen LogP contribution in [0.2, 0.25) is 0 Å². The Hall–Kier alpha value is -2.29. The number of halogens is 1. The van der Waals surface area contributed by atoms with Gasteiger partial charge >= 0.3 is 0 Å². The molecule has 8 heteroatoms. The second-order valence-corrected chi connectivity index (χ2v) is 9.42. The standard InChI is InChI=1S/C21H26FN3O3S/c1-16-3-8-20(13-17(16)2)29(27,28)25-11-9-24(10-12-25)15-21(26)23-14-18-4-6-19(22)7-5-18/h3-8,13H,9-12,14-15H2,1-2H3,(H,23,26)/p+1. The highest BCUT2D eigenvalue weighted by Crippen LogP contribution is 2.19. The van der Waals surface area contributed by atoms with Crippen LogP contribution in [-0.4, -0.2) is 51.4 Å². The number of amides is 1. The first-order chi connectivity index (χ1) is 13.8. The molecule has 0 unspecified atom stereocenters. The second kappa shape index (κ2) is 9.02. The molecule has 0 radical (unpaired) electrons. The number of hydrogen-bond donors (Lipinski definition) is 2. The zero-order valence-electron chi connectivity index (χ0n) is 16.7. The van der Waals surface area contributed by atoms with E-state index < -0.39 is 10.0 Å². The molecule has 0 atom stereocenters. The minimum atomic E-state index is -3.51. The molecule has 0 saturated carbocycles. The van der Waals surface area contributed by atoms with Gasteiger partial charge in [0, 0.05) is 6.54 Å². The van der Waals surface area contributed by atoms with E-state index in [4.69, 9.17) is 0 Å². The van der Waals surface area contributed by atoms with Crippen LogP contribution >= 0.6 is 0 Å². The maximum Gasteiger partial charge on any atom is 0.275 e. The first-order valence-corrected chi connectivity index (χ1v) is 11.1. The van der Waals surface area contributed by atoms with E-state index in [1.807, 2.05) is 19.9 Å². The minimum Gasteiger partial charge on any atom is -0.347 e. The Morgan fingerprint density at radius 3 is 2.34 bits per heavy atom. The molecule has 0 aliphatic carbocycles. The third kappa shape index (κ3) is 5.41. The van der Waals surface area contributed by atoms with Gasteiger partial charge in [-0.05, 0) is 54.8 Å². The van der Waals surface area contributed by atoms with Crippen molar-refractivity contribution >= 4 is 15.9 Å². The van der Waals surface area contributed by atoms with Crippen molar-refractivity contribution in [1.82, 2.24) is 9.62 Å². The van der Waals surface area contributed by atoms with Gasteiger partial charge in [-0.3, -0.25) is 4.79 Å². The molecule has 0 bridgehead atoms. The molecule has 156 valence electrons. The lowest BCUT2D eigenvalue weighted by atomic mass is 10.1. The summed E-state index contributed by atoms with van der Waals surface area (Å²) in [5.41, 5.74) is 2.84. The number of carbonyl (C=O) groups is 1. The summed E-state index contributed by atoms with van der Waals surface area (Å²) in [4.78, 5) is 13.6. The van der Waals surface area contributed by atoms with Crippen LogP contribution in [0.3, 0.4) is 0 Å². The van der Waals surface area contributed by atoms with E-state index in [9.17, 15) is 17.6 Å². The number of hydrogen-bond acceptors (Lipinski definition) is 3. The number of quaternary nitrogens is 1. The van der Waals surface area contributed by atoms with Gasteiger partial charge < -0.3 is 10.2 Å². The number of sulfonamides is 1. The molecular weight excluding hydrogens is 393 g/mol. The lowest BCUT2D eigenvalue weighted by Gasteiger charge is -2.31. The average molecular weight is 421 g/mol. The lowest BCUT2D eigenvalue weighted by Crippen LogP contribution is -3.15. The molecule has 1 fully saturated rings. The van der Waals surface area contributed by atoms with Gasteiger partial charge in [0.1, 0.15) is 5.82 Å². The van der Waals surface area contributed by atoms with E-state index in [-0.39, 0.29) is 11.7 Å². The van der Waals surface area contributed by atoms with Crippen molar-refractivity contribution in [1.29, 1.82) is 0 Å². The summed E-state index contributed by atoms with van der Waals surface area (Å²) in [7, 11) is -3.51. The highest BCUT2D eigenvalue weighted by molar-refractivity contribution is 7.89. The normalized spacial score (nSPS) is 16.0. The fourth-order valence-electron chi connectivity index (χ4n) is 3.34. The smallest absolute Gasteiger partial charge is 0.275 e. The minimum absolute atomic E-state index is 0.102. The number of aryl methyl sites for hydroxylation is 2. The van der Waals surface area contributed by atoms with E-state index in [1.54, 1.807) is 24.3 Å². The molecule has 1 heterocycles. The number of piperazine rings is 1. The van der Waals surface area contributed by atoms with Crippen LogP contribution in [0.15, 0.2) is 47.4 Å². The van der Waals surface area contributed by atoms with Gasteiger partial charge in [0.15, 0.2) is 6.54 Å². The zero-order valence-corrected chi connectivity index (χ0v) is 17.6. The van der Waals surface area contributed by atoms with E-state index in [0.717, 1.165) is 21.6 Å². The van der Waals surface area contributed by atoms with Gasteiger partial charge in [0.05, 0.1) is 31.1 Å². The fraction of sp³-hybridized carbons (Fsp3) is 0.381. The number of rotatable bonds is 6. The maximum atomic E-state index is 12.9. The van der Waals surface area contributed by atoms with E-state index >= 15 is 0 Å². The summed E-state index contributed by atoms with van der Waals surface area (Å²) in [5, 5.41) is 2.83. The average Bonchev–Trinajstić information content (AvgIpc) is 2.70. The van der Waals surface area contributed by atoms with Crippen LogP contribution in [0, 0.1) is 19.7 Å². The van der Waals surface area contributed by atoms with Crippen molar-refractivity contribution in [2.45, 2.75) is 25.3 Å². The SMILES string of the molecule is Cc1ccc(S(=O)(=O)N2CC[NH+](CC(=O)NCc3ccc(F)cc3)CC2)cc1C. The molecular formula is C21H27FN3O3S+.